The first-order valence-corrected chi connectivity index (χ1v) is 6.53. The van der Waals surface area contributed by atoms with Gasteiger partial charge in [0.15, 0.2) is 0 Å². The van der Waals surface area contributed by atoms with Crippen molar-refractivity contribution in [2.75, 3.05) is 0 Å². The lowest BCUT2D eigenvalue weighted by atomic mass is 10.1. The van der Waals surface area contributed by atoms with Crippen molar-refractivity contribution in [2.24, 2.45) is 0 Å². The third-order valence-electron chi connectivity index (χ3n) is 2.90. The lowest BCUT2D eigenvalue weighted by molar-refractivity contribution is 0.523. The van der Waals surface area contributed by atoms with Crippen LogP contribution in [0.5, 0.6) is 0 Å². The molecule has 1 aromatic carbocycles. The van der Waals surface area contributed by atoms with Crippen molar-refractivity contribution in [1.82, 2.24) is 5.32 Å². The Balaban J connectivity index is 2.21. The van der Waals surface area contributed by atoms with Gasteiger partial charge in [0.05, 0.1) is 12.1 Å². The van der Waals surface area contributed by atoms with Crippen LogP contribution in [-0.2, 0) is 6.54 Å². The number of unbranched alkanes of at least 4 members (excludes halogenated alkanes) is 3. The van der Waals surface area contributed by atoms with Gasteiger partial charge in [-0.25, -0.2) is 0 Å². The van der Waals surface area contributed by atoms with Crippen molar-refractivity contribution in [3.63, 3.8) is 0 Å². The molecule has 0 aromatic heterocycles. The van der Waals surface area contributed by atoms with Crippen molar-refractivity contribution in [1.29, 1.82) is 5.26 Å². The van der Waals surface area contributed by atoms with Gasteiger partial charge in [-0.1, -0.05) is 62.9 Å². The van der Waals surface area contributed by atoms with Gasteiger partial charge >= 0.3 is 0 Å². The van der Waals surface area contributed by atoms with Crippen molar-refractivity contribution < 1.29 is 0 Å². The van der Waals surface area contributed by atoms with Gasteiger partial charge in [0.1, 0.15) is 0 Å². The van der Waals surface area contributed by atoms with Crippen LogP contribution >= 0.6 is 0 Å². The van der Waals surface area contributed by atoms with E-state index in [2.05, 4.69) is 30.4 Å². The molecule has 0 radical (unpaired) electrons. The highest BCUT2D eigenvalue weighted by molar-refractivity contribution is 5.14. The summed E-state index contributed by atoms with van der Waals surface area (Å²) < 4.78 is 0. The number of benzene rings is 1. The number of nitriles is 1. The zero-order chi connectivity index (χ0) is 12.3. The Bertz CT molecular complexity index is 327. The quantitative estimate of drug-likeness (QED) is 0.692. The fourth-order valence-corrected chi connectivity index (χ4v) is 1.82. The summed E-state index contributed by atoms with van der Waals surface area (Å²) in [5.74, 6) is 0. The number of nitrogens with zero attached hydrogens (tertiary/aromatic N) is 1. The highest BCUT2D eigenvalue weighted by Gasteiger charge is 2.05. The number of hydrogen-bond acceptors (Lipinski definition) is 2. The van der Waals surface area contributed by atoms with Crippen LogP contribution in [0.4, 0.5) is 0 Å². The molecule has 0 aliphatic carbocycles. The summed E-state index contributed by atoms with van der Waals surface area (Å²) in [5.41, 5.74) is 1.24. The lowest BCUT2D eigenvalue weighted by Crippen LogP contribution is -2.26. The van der Waals surface area contributed by atoms with Gasteiger partial charge in [0, 0.05) is 6.54 Å². The largest absolute Gasteiger partial charge is 0.298 e. The molecule has 1 atom stereocenters. The molecule has 0 fully saturated rings. The molecule has 0 heterocycles. The monoisotopic (exact) mass is 230 g/mol. The summed E-state index contributed by atoms with van der Waals surface area (Å²) in [6, 6.07) is 12.6. The molecule has 0 saturated carbocycles. The van der Waals surface area contributed by atoms with Crippen LogP contribution in [0.3, 0.4) is 0 Å². The summed E-state index contributed by atoms with van der Waals surface area (Å²) in [5, 5.41) is 12.3. The molecule has 92 valence electrons. The second kappa shape index (κ2) is 8.78. The summed E-state index contributed by atoms with van der Waals surface area (Å²) >= 11 is 0. The van der Waals surface area contributed by atoms with E-state index < -0.39 is 0 Å². The molecule has 2 nitrogen and oxygen atoms in total. The zero-order valence-electron chi connectivity index (χ0n) is 10.7. The van der Waals surface area contributed by atoms with Gasteiger partial charge in [0.25, 0.3) is 0 Å². The van der Waals surface area contributed by atoms with Crippen molar-refractivity contribution >= 4 is 0 Å². The van der Waals surface area contributed by atoms with E-state index in [1.807, 2.05) is 18.2 Å². The molecule has 0 saturated heterocycles. The van der Waals surface area contributed by atoms with Crippen LogP contribution in [0.2, 0.25) is 0 Å². The van der Waals surface area contributed by atoms with E-state index in [9.17, 15) is 0 Å². The molecule has 17 heavy (non-hydrogen) atoms. The van der Waals surface area contributed by atoms with Gasteiger partial charge < -0.3 is 0 Å². The predicted octanol–water partition coefficient (Wildman–Crippen LogP) is 3.64. The van der Waals surface area contributed by atoms with Gasteiger partial charge in [-0.05, 0) is 12.0 Å². The number of nitrogens with one attached hydrogen (secondary N) is 1. The molecule has 0 aliphatic rings. The van der Waals surface area contributed by atoms with E-state index in [1.165, 1.54) is 24.8 Å². The van der Waals surface area contributed by atoms with Crippen molar-refractivity contribution in [3.8, 4) is 6.07 Å². The second-order valence-electron chi connectivity index (χ2n) is 4.40. The SMILES string of the molecule is CCCCCCC(C#N)NCc1ccccc1. The second-order valence-corrected chi connectivity index (χ2v) is 4.40. The summed E-state index contributed by atoms with van der Waals surface area (Å²) in [6.45, 7) is 2.99. The fourth-order valence-electron chi connectivity index (χ4n) is 1.82. The Morgan fingerprint density at radius 1 is 1.18 bits per heavy atom. The molecule has 2 heteroatoms. The minimum atomic E-state index is -0.00735. The zero-order valence-corrected chi connectivity index (χ0v) is 10.7. The highest BCUT2D eigenvalue weighted by Crippen LogP contribution is 2.06. The maximum Gasteiger partial charge on any atom is 0.0955 e. The van der Waals surface area contributed by atoms with E-state index in [1.54, 1.807) is 0 Å². The van der Waals surface area contributed by atoms with Crippen molar-refractivity contribution in [2.45, 2.75) is 51.6 Å². The normalized spacial score (nSPS) is 12.0. The standard InChI is InChI=1S/C15H22N2/c1-2-3-4-8-11-15(12-16)17-13-14-9-6-5-7-10-14/h5-7,9-10,15,17H,2-4,8,11,13H2,1H3. The third-order valence-corrected chi connectivity index (χ3v) is 2.90. The predicted molar refractivity (Wildman–Crippen MR) is 71.4 cm³/mol. The highest BCUT2D eigenvalue weighted by atomic mass is 14.9. The molecule has 0 bridgehead atoms. The van der Waals surface area contributed by atoms with Gasteiger partial charge in [0.2, 0.25) is 0 Å². The third kappa shape index (κ3) is 6.09. The van der Waals surface area contributed by atoms with E-state index in [4.69, 9.17) is 5.26 Å². The van der Waals surface area contributed by atoms with Gasteiger partial charge in [-0.3, -0.25) is 5.32 Å². The maximum absolute atomic E-state index is 9.05. The topological polar surface area (TPSA) is 35.8 Å². The van der Waals surface area contributed by atoms with E-state index in [0.29, 0.717) is 0 Å². The van der Waals surface area contributed by atoms with Gasteiger partial charge in [-0.2, -0.15) is 5.26 Å². The Labute approximate surface area is 105 Å². The van der Waals surface area contributed by atoms with E-state index in [-0.39, 0.29) is 6.04 Å². The molecular formula is C15H22N2. The summed E-state index contributed by atoms with van der Waals surface area (Å²) in [6.07, 6.45) is 5.87. The van der Waals surface area contributed by atoms with Crippen LogP contribution in [0.15, 0.2) is 30.3 Å². The average Bonchev–Trinajstić information content (AvgIpc) is 2.39. The van der Waals surface area contributed by atoms with E-state index >= 15 is 0 Å². The van der Waals surface area contributed by atoms with Crippen molar-refractivity contribution in [3.05, 3.63) is 35.9 Å². The Hall–Kier alpha value is -1.33. The minimum Gasteiger partial charge on any atom is -0.298 e. The minimum absolute atomic E-state index is 0.00735. The Kier molecular flexibility index (Phi) is 7.09. The first-order valence-electron chi connectivity index (χ1n) is 6.53. The molecule has 0 amide bonds. The first-order chi connectivity index (χ1) is 8.36. The average molecular weight is 230 g/mol. The maximum atomic E-state index is 9.05. The van der Waals surface area contributed by atoms with Crippen LogP contribution in [-0.4, -0.2) is 6.04 Å². The van der Waals surface area contributed by atoms with E-state index in [0.717, 1.165) is 19.4 Å². The molecule has 0 aliphatic heterocycles. The Morgan fingerprint density at radius 3 is 2.59 bits per heavy atom. The fraction of sp³-hybridized carbons (Fsp3) is 0.533. The van der Waals surface area contributed by atoms with Crippen LogP contribution in [0.1, 0.15) is 44.6 Å². The van der Waals surface area contributed by atoms with Crippen LogP contribution in [0.25, 0.3) is 0 Å². The summed E-state index contributed by atoms with van der Waals surface area (Å²) in [4.78, 5) is 0. The summed E-state index contributed by atoms with van der Waals surface area (Å²) in [7, 11) is 0. The molecule has 1 unspecified atom stereocenters. The Morgan fingerprint density at radius 2 is 1.94 bits per heavy atom. The molecule has 0 spiro atoms. The molecule has 1 N–H and O–H groups in total. The number of hydrogen-bond donors (Lipinski definition) is 1. The smallest absolute Gasteiger partial charge is 0.0955 e. The van der Waals surface area contributed by atoms with Crippen LogP contribution in [0, 0.1) is 11.3 Å². The molecule has 1 rings (SSSR count). The van der Waals surface area contributed by atoms with Gasteiger partial charge in [-0.15, -0.1) is 0 Å². The van der Waals surface area contributed by atoms with Crippen LogP contribution < -0.4 is 5.32 Å². The molecular weight excluding hydrogens is 208 g/mol. The molecule has 1 aromatic rings. The lowest BCUT2D eigenvalue weighted by Gasteiger charge is -2.11. The number of rotatable bonds is 8. The first kappa shape index (κ1) is 13.7.